The number of fused-ring (bicyclic) bond motifs is 7. The molecule has 0 N–H and O–H groups in total. The molecule has 10 heteroatoms. The SMILES string of the molecule is Bc1c(B)c(B)c(-c2nc(-c3ccc4oc5c(-c6ccc7ccccc7c6)cccc5c4c3)nc(-n3c4ccccc4c4ccccc43)n2)c(B)c1B. The van der Waals surface area contributed by atoms with Crippen LogP contribution >= 0.6 is 0 Å². The van der Waals surface area contributed by atoms with E-state index in [2.05, 4.69) is 171 Å². The molecule has 0 fully saturated rings. The van der Waals surface area contributed by atoms with Crippen molar-refractivity contribution < 1.29 is 4.42 Å². The van der Waals surface area contributed by atoms with Gasteiger partial charge in [0.05, 0.1) is 11.0 Å². The monoisotopic (exact) mass is 674 g/mol. The van der Waals surface area contributed by atoms with E-state index >= 15 is 0 Å². The van der Waals surface area contributed by atoms with Crippen molar-refractivity contribution in [1.29, 1.82) is 0 Å². The zero-order valence-corrected chi connectivity index (χ0v) is 30.3. The van der Waals surface area contributed by atoms with E-state index in [9.17, 15) is 0 Å². The minimum atomic E-state index is 0.591. The van der Waals surface area contributed by atoms with Crippen molar-refractivity contribution in [2.75, 3.05) is 0 Å². The summed E-state index contributed by atoms with van der Waals surface area (Å²) in [7, 11) is 11.0. The Morgan fingerprint density at radius 3 is 1.79 bits per heavy atom. The third kappa shape index (κ3) is 4.82. The summed E-state index contributed by atoms with van der Waals surface area (Å²) in [6.45, 7) is 0. The van der Waals surface area contributed by atoms with Crippen molar-refractivity contribution in [2.45, 2.75) is 0 Å². The molecule has 3 heterocycles. The summed E-state index contributed by atoms with van der Waals surface area (Å²) in [6, 6.07) is 44.7. The minimum Gasteiger partial charge on any atom is -0.455 e. The van der Waals surface area contributed by atoms with Gasteiger partial charge in [-0.3, -0.25) is 4.57 Å². The Kier molecular flexibility index (Phi) is 7.06. The molecule has 0 aliphatic carbocycles. The van der Waals surface area contributed by atoms with E-state index in [4.69, 9.17) is 19.4 Å². The van der Waals surface area contributed by atoms with Gasteiger partial charge in [-0.2, -0.15) is 9.97 Å². The molecule has 0 saturated carbocycles. The highest BCUT2D eigenvalue weighted by Crippen LogP contribution is 2.38. The first-order valence-corrected chi connectivity index (χ1v) is 18.1. The van der Waals surface area contributed by atoms with E-state index in [1.54, 1.807) is 0 Å². The third-order valence-electron chi connectivity index (χ3n) is 11.4. The molecule has 0 radical (unpaired) electrons. The van der Waals surface area contributed by atoms with E-state index in [-0.39, 0.29) is 0 Å². The molecule has 53 heavy (non-hydrogen) atoms. The molecule has 0 saturated heterocycles. The Morgan fingerprint density at radius 1 is 0.453 bits per heavy atom. The minimum absolute atomic E-state index is 0.591. The Labute approximate surface area is 311 Å². The van der Waals surface area contributed by atoms with Crippen LogP contribution in [0, 0.1) is 0 Å². The fourth-order valence-electron chi connectivity index (χ4n) is 8.20. The number of hydrogen-bond acceptors (Lipinski definition) is 4. The molecule has 0 unspecified atom stereocenters. The number of nitrogens with zero attached hydrogens (tertiary/aromatic N) is 4. The highest BCUT2D eigenvalue weighted by Gasteiger charge is 2.22. The van der Waals surface area contributed by atoms with Gasteiger partial charge in [0.15, 0.2) is 11.6 Å². The van der Waals surface area contributed by atoms with E-state index in [0.717, 1.165) is 66.0 Å². The van der Waals surface area contributed by atoms with Crippen LogP contribution in [0.4, 0.5) is 0 Å². The summed E-state index contributed by atoms with van der Waals surface area (Å²) in [5.74, 6) is 1.88. The second kappa shape index (κ2) is 11.9. The largest absolute Gasteiger partial charge is 0.455 e. The van der Waals surface area contributed by atoms with Gasteiger partial charge >= 0.3 is 0 Å². The molecular formula is C43H31B5N4O. The van der Waals surface area contributed by atoms with Crippen LogP contribution in [0.15, 0.2) is 132 Å². The third-order valence-corrected chi connectivity index (χ3v) is 11.4. The van der Waals surface area contributed by atoms with Crippen LogP contribution in [0.2, 0.25) is 0 Å². The molecule has 0 aliphatic heterocycles. The van der Waals surface area contributed by atoms with Gasteiger partial charge in [-0.05, 0) is 52.7 Å². The van der Waals surface area contributed by atoms with Gasteiger partial charge in [-0.25, -0.2) is 4.98 Å². The van der Waals surface area contributed by atoms with Crippen LogP contribution in [0.3, 0.4) is 0 Å². The molecule has 0 atom stereocenters. The smallest absolute Gasteiger partial charge is 0.238 e. The fraction of sp³-hybridized carbons (Fsp3) is 0. The summed E-state index contributed by atoms with van der Waals surface area (Å²) in [5, 5.41) is 6.82. The quantitative estimate of drug-likeness (QED) is 0.270. The molecular weight excluding hydrogens is 643 g/mol. The van der Waals surface area contributed by atoms with Crippen molar-refractivity contribution in [2.24, 2.45) is 0 Å². The number of benzene rings is 7. The highest BCUT2D eigenvalue weighted by atomic mass is 16.3. The highest BCUT2D eigenvalue weighted by molar-refractivity contribution is 6.68. The second-order valence-corrected chi connectivity index (χ2v) is 14.2. The Hall–Kier alpha value is -6.27. The number of furan rings is 1. The van der Waals surface area contributed by atoms with Crippen molar-refractivity contribution in [3.8, 4) is 39.9 Å². The van der Waals surface area contributed by atoms with E-state index in [1.165, 1.54) is 38.1 Å². The number of aromatic nitrogens is 4. The van der Waals surface area contributed by atoms with Crippen LogP contribution in [0.1, 0.15) is 0 Å². The second-order valence-electron chi connectivity index (χ2n) is 14.2. The van der Waals surface area contributed by atoms with Crippen LogP contribution < -0.4 is 27.3 Å². The molecule has 10 rings (SSSR count). The van der Waals surface area contributed by atoms with Gasteiger partial charge in [-0.15, -0.1) is 16.4 Å². The topological polar surface area (TPSA) is 56.7 Å². The summed E-state index contributed by atoms with van der Waals surface area (Å²) >= 11 is 0. The molecule has 0 spiro atoms. The normalized spacial score (nSPS) is 11.8. The lowest BCUT2D eigenvalue weighted by atomic mass is 9.60. The number of hydrogen-bond donors (Lipinski definition) is 0. The van der Waals surface area contributed by atoms with Crippen LogP contribution in [0.25, 0.3) is 94.4 Å². The molecule has 7 aromatic carbocycles. The van der Waals surface area contributed by atoms with Crippen LogP contribution in [0.5, 0.6) is 0 Å². The standard InChI is InChI=1S/C43H31B5N4O/c44-35-34(36(45)38(47)39(48)37(35)46)42-49-41(50-43(51-42)52-31-14-5-3-10-27(31)28-11-4-6-15-32(28)52)25-18-19-33-30(21-25)29-13-7-12-26(40(29)53-33)24-17-16-22-8-1-2-9-23(22)20-24/h1-21H,44-48H2. The maximum Gasteiger partial charge on any atom is 0.238 e. The first-order chi connectivity index (χ1) is 25.9. The lowest BCUT2D eigenvalue weighted by Gasteiger charge is -2.20. The van der Waals surface area contributed by atoms with Gasteiger partial charge in [-0.1, -0.05) is 102 Å². The maximum absolute atomic E-state index is 6.62. The lowest BCUT2D eigenvalue weighted by Crippen LogP contribution is -2.55. The Bertz CT molecular complexity index is 3070. The average molecular weight is 674 g/mol. The first-order valence-electron chi connectivity index (χ1n) is 18.1. The predicted molar refractivity (Wildman–Crippen MR) is 236 cm³/mol. The van der Waals surface area contributed by atoms with Crippen LogP contribution in [-0.2, 0) is 0 Å². The average Bonchev–Trinajstić information content (AvgIpc) is 3.75. The molecule has 0 amide bonds. The van der Waals surface area contributed by atoms with Crippen molar-refractivity contribution in [3.05, 3.63) is 127 Å². The molecule has 0 bridgehead atoms. The van der Waals surface area contributed by atoms with Gasteiger partial charge in [0.25, 0.3) is 0 Å². The van der Waals surface area contributed by atoms with Gasteiger partial charge in [0, 0.05) is 38.2 Å². The molecule has 244 valence electrons. The van der Waals surface area contributed by atoms with Crippen molar-refractivity contribution in [3.63, 3.8) is 0 Å². The summed E-state index contributed by atoms with van der Waals surface area (Å²) < 4.78 is 8.80. The van der Waals surface area contributed by atoms with Gasteiger partial charge < -0.3 is 4.42 Å². The summed E-state index contributed by atoms with van der Waals surface area (Å²) in [6.07, 6.45) is 0. The molecule has 10 aromatic rings. The Morgan fingerprint density at radius 2 is 1.06 bits per heavy atom. The maximum atomic E-state index is 6.62. The number of rotatable bonds is 4. The van der Waals surface area contributed by atoms with Crippen molar-refractivity contribution >= 4 is 121 Å². The van der Waals surface area contributed by atoms with Gasteiger partial charge in [0.2, 0.25) is 5.95 Å². The first kappa shape index (κ1) is 31.5. The molecule has 0 aliphatic rings. The zero-order valence-electron chi connectivity index (χ0n) is 30.3. The summed E-state index contributed by atoms with van der Waals surface area (Å²) in [5.41, 5.74) is 14.2. The zero-order chi connectivity index (χ0) is 36.0. The summed E-state index contributed by atoms with van der Waals surface area (Å²) in [4.78, 5) is 15.8. The van der Waals surface area contributed by atoms with Gasteiger partial charge in [0.1, 0.15) is 50.4 Å². The number of para-hydroxylation sites is 3. The van der Waals surface area contributed by atoms with Crippen molar-refractivity contribution in [1.82, 2.24) is 19.5 Å². The van der Waals surface area contributed by atoms with E-state index < -0.39 is 0 Å². The predicted octanol–water partition coefficient (Wildman–Crippen LogP) is 2.31. The lowest BCUT2D eigenvalue weighted by molar-refractivity contribution is 0.670. The molecule has 5 nitrogen and oxygen atoms in total. The van der Waals surface area contributed by atoms with E-state index in [0.29, 0.717) is 17.6 Å². The van der Waals surface area contributed by atoms with E-state index in [1.807, 2.05) is 0 Å². The van der Waals surface area contributed by atoms with Crippen LogP contribution in [-0.4, -0.2) is 58.8 Å². The Balaban J connectivity index is 1.22. The fourth-order valence-corrected chi connectivity index (χ4v) is 8.20. The molecule has 3 aromatic heterocycles.